The number of carbonyl (C=O) groups is 2. The Bertz CT molecular complexity index is 547. The maximum Gasteiger partial charge on any atom is 0.378 e. The average molecular weight is 433 g/mol. The van der Waals surface area contributed by atoms with Crippen LogP contribution in [0.25, 0.3) is 0 Å². The number of rotatable bonds is 17. The van der Waals surface area contributed by atoms with E-state index in [1.165, 1.54) is 38.5 Å². The fourth-order valence-electron chi connectivity index (χ4n) is 3.05. The Labute approximate surface area is 177 Å². The Morgan fingerprint density at radius 3 is 2.07 bits per heavy atom. The molecule has 1 unspecified atom stereocenters. The summed E-state index contributed by atoms with van der Waals surface area (Å²) in [5, 5.41) is 37.2. The van der Waals surface area contributed by atoms with Crippen LogP contribution in [0.5, 0.6) is 0 Å². The molecule has 9 heteroatoms. The SMILES string of the molecule is CCCCCCCCCCCCOC1=C(OC(=O)C(O)CO)[C@@H]([C@@H](O)CO)OC1=O. The van der Waals surface area contributed by atoms with Crippen molar-refractivity contribution in [3.05, 3.63) is 11.5 Å². The summed E-state index contributed by atoms with van der Waals surface area (Å²) in [6.07, 6.45) is 6.58. The summed E-state index contributed by atoms with van der Waals surface area (Å²) in [6.45, 7) is 0.770. The molecular formula is C21H36O9. The van der Waals surface area contributed by atoms with Gasteiger partial charge in [0.2, 0.25) is 11.5 Å². The van der Waals surface area contributed by atoms with Crippen LogP contribution in [0.4, 0.5) is 0 Å². The van der Waals surface area contributed by atoms with Gasteiger partial charge in [-0.15, -0.1) is 0 Å². The first-order valence-electron chi connectivity index (χ1n) is 10.8. The Balaban J connectivity index is 2.47. The second-order valence-corrected chi connectivity index (χ2v) is 7.42. The van der Waals surface area contributed by atoms with Crippen LogP contribution < -0.4 is 0 Å². The van der Waals surface area contributed by atoms with E-state index in [0.29, 0.717) is 6.42 Å². The van der Waals surface area contributed by atoms with Crippen LogP contribution >= 0.6 is 0 Å². The molecule has 0 saturated heterocycles. The molecule has 0 aromatic carbocycles. The number of aliphatic hydroxyl groups is 4. The lowest BCUT2D eigenvalue weighted by Gasteiger charge is -2.18. The Hall–Kier alpha value is -1.68. The number of esters is 2. The molecule has 0 aliphatic carbocycles. The lowest BCUT2D eigenvalue weighted by atomic mass is 10.1. The van der Waals surface area contributed by atoms with Crippen LogP contribution in [0.1, 0.15) is 71.1 Å². The third kappa shape index (κ3) is 8.99. The predicted octanol–water partition coefficient (Wildman–Crippen LogP) is 1.31. The van der Waals surface area contributed by atoms with Crippen molar-refractivity contribution in [1.29, 1.82) is 0 Å². The van der Waals surface area contributed by atoms with E-state index in [-0.39, 0.29) is 12.4 Å². The molecule has 0 saturated carbocycles. The van der Waals surface area contributed by atoms with Crippen LogP contribution in [0.3, 0.4) is 0 Å². The molecule has 1 rings (SSSR count). The van der Waals surface area contributed by atoms with Gasteiger partial charge >= 0.3 is 11.9 Å². The van der Waals surface area contributed by atoms with Gasteiger partial charge in [0.25, 0.3) is 0 Å². The number of cyclic esters (lactones) is 1. The predicted molar refractivity (Wildman–Crippen MR) is 107 cm³/mol. The fraction of sp³-hybridized carbons (Fsp3) is 0.810. The van der Waals surface area contributed by atoms with E-state index in [1.807, 2.05) is 0 Å². The molecule has 0 fully saturated rings. The molecule has 1 heterocycles. The van der Waals surface area contributed by atoms with Crippen molar-refractivity contribution in [3.8, 4) is 0 Å². The van der Waals surface area contributed by atoms with E-state index >= 15 is 0 Å². The number of hydrogen-bond acceptors (Lipinski definition) is 9. The second-order valence-electron chi connectivity index (χ2n) is 7.42. The van der Waals surface area contributed by atoms with E-state index in [0.717, 1.165) is 19.3 Å². The monoisotopic (exact) mass is 432 g/mol. The van der Waals surface area contributed by atoms with Crippen LogP contribution in [0.15, 0.2) is 11.5 Å². The fourth-order valence-corrected chi connectivity index (χ4v) is 3.05. The summed E-state index contributed by atoms with van der Waals surface area (Å²) >= 11 is 0. The number of aliphatic hydroxyl groups excluding tert-OH is 4. The molecule has 9 nitrogen and oxygen atoms in total. The third-order valence-electron chi connectivity index (χ3n) is 4.84. The largest absolute Gasteiger partial charge is 0.484 e. The van der Waals surface area contributed by atoms with E-state index in [4.69, 9.17) is 24.4 Å². The van der Waals surface area contributed by atoms with Crippen molar-refractivity contribution < 1.29 is 44.2 Å². The minimum Gasteiger partial charge on any atom is -0.484 e. The molecular weight excluding hydrogens is 396 g/mol. The highest BCUT2D eigenvalue weighted by atomic mass is 16.6. The number of carbonyl (C=O) groups excluding carboxylic acids is 2. The second kappa shape index (κ2) is 15.2. The molecule has 0 aromatic heterocycles. The van der Waals surface area contributed by atoms with E-state index in [9.17, 15) is 19.8 Å². The van der Waals surface area contributed by atoms with Gasteiger partial charge in [0, 0.05) is 0 Å². The highest BCUT2D eigenvalue weighted by Crippen LogP contribution is 2.28. The first kappa shape index (κ1) is 26.4. The number of unbranched alkanes of at least 4 members (excludes halogenated alkanes) is 9. The van der Waals surface area contributed by atoms with Crippen molar-refractivity contribution in [3.63, 3.8) is 0 Å². The molecule has 1 aliphatic rings. The highest BCUT2D eigenvalue weighted by Gasteiger charge is 2.43. The average Bonchev–Trinajstić information content (AvgIpc) is 3.05. The van der Waals surface area contributed by atoms with Gasteiger partial charge in [-0.2, -0.15) is 0 Å². The lowest BCUT2D eigenvalue weighted by molar-refractivity contribution is -0.157. The zero-order valence-electron chi connectivity index (χ0n) is 17.8. The Kier molecular flexibility index (Phi) is 13.3. The summed E-state index contributed by atoms with van der Waals surface area (Å²) in [5.74, 6) is -2.94. The van der Waals surface area contributed by atoms with Crippen molar-refractivity contribution in [2.45, 2.75) is 89.4 Å². The minimum atomic E-state index is -1.82. The summed E-state index contributed by atoms with van der Waals surface area (Å²) in [7, 11) is 0. The Morgan fingerprint density at radius 1 is 0.967 bits per heavy atom. The minimum absolute atomic E-state index is 0.187. The van der Waals surface area contributed by atoms with Crippen LogP contribution in [0, 0.1) is 0 Å². The first-order chi connectivity index (χ1) is 14.5. The van der Waals surface area contributed by atoms with Gasteiger partial charge in [0.15, 0.2) is 12.2 Å². The normalized spacial score (nSPS) is 18.3. The zero-order chi connectivity index (χ0) is 22.4. The summed E-state index contributed by atoms with van der Waals surface area (Å²) in [4.78, 5) is 23.8. The summed E-state index contributed by atoms with van der Waals surface area (Å²) in [6, 6.07) is 0. The summed E-state index contributed by atoms with van der Waals surface area (Å²) in [5.41, 5.74) is 0. The van der Waals surface area contributed by atoms with Crippen molar-refractivity contribution in [2.75, 3.05) is 19.8 Å². The van der Waals surface area contributed by atoms with Crippen molar-refractivity contribution in [2.24, 2.45) is 0 Å². The maximum absolute atomic E-state index is 12.0. The van der Waals surface area contributed by atoms with Crippen LogP contribution in [-0.2, 0) is 23.8 Å². The molecule has 1 aliphatic heterocycles. The molecule has 0 bridgehead atoms. The molecule has 0 amide bonds. The van der Waals surface area contributed by atoms with Crippen molar-refractivity contribution >= 4 is 11.9 Å². The van der Waals surface area contributed by atoms with Gasteiger partial charge in [0.05, 0.1) is 19.8 Å². The van der Waals surface area contributed by atoms with Gasteiger partial charge in [0.1, 0.15) is 6.10 Å². The zero-order valence-corrected chi connectivity index (χ0v) is 17.8. The molecule has 4 N–H and O–H groups in total. The van der Waals surface area contributed by atoms with Crippen LogP contribution in [0.2, 0.25) is 0 Å². The quantitative estimate of drug-likeness (QED) is 0.198. The molecule has 0 spiro atoms. The molecule has 0 aromatic rings. The van der Waals surface area contributed by atoms with Crippen LogP contribution in [-0.4, -0.2) is 70.5 Å². The number of ether oxygens (including phenoxy) is 3. The highest BCUT2D eigenvalue weighted by molar-refractivity contribution is 5.90. The first-order valence-corrected chi connectivity index (χ1v) is 10.8. The third-order valence-corrected chi connectivity index (χ3v) is 4.84. The lowest BCUT2D eigenvalue weighted by Crippen LogP contribution is -2.35. The topological polar surface area (TPSA) is 143 Å². The van der Waals surface area contributed by atoms with E-state index < -0.39 is 49.2 Å². The molecule has 30 heavy (non-hydrogen) atoms. The number of hydrogen-bond donors (Lipinski definition) is 4. The Morgan fingerprint density at radius 2 is 1.53 bits per heavy atom. The smallest absolute Gasteiger partial charge is 0.378 e. The van der Waals surface area contributed by atoms with Gasteiger partial charge in [-0.3, -0.25) is 0 Å². The van der Waals surface area contributed by atoms with Crippen molar-refractivity contribution in [1.82, 2.24) is 0 Å². The molecule has 0 radical (unpaired) electrons. The van der Waals surface area contributed by atoms with Gasteiger partial charge in [-0.1, -0.05) is 64.7 Å². The van der Waals surface area contributed by atoms with E-state index in [2.05, 4.69) is 6.92 Å². The molecule has 174 valence electrons. The maximum atomic E-state index is 12.0. The van der Waals surface area contributed by atoms with Gasteiger partial charge in [-0.05, 0) is 6.42 Å². The van der Waals surface area contributed by atoms with Gasteiger partial charge < -0.3 is 34.6 Å². The van der Waals surface area contributed by atoms with Gasteiger partial charge in [-0.25, -0.2) is 9.59 Å². The summed E-state index contributed by atoms with van der Waals surface area (Å²) < 4.78 is 15.3. The molecule has 3 atom stereocenters. The standard InChI is InChI=1S/C21H36O9/c1-2-3-4-5-6-7-8-9-10-11-12-28-19-18(30-20(26)16(25)14-23)17(15(24)13-22)29-21(19)27/h15-17,22-25H,2-14H2,1H3/t15-,16?,17+/m0/s1. The van der Waals surface area contributed by atoms with E-state index in [1.54, 1.807) is 0 Å².